The Morgan fingerprint density at radius 1 is 1.14 bits per heavy atom. The number of nitrogens with one attached hydrogen (secondary N) is 1. The molecule has 0 saturated heterocycles. The monoisotopic (exact) mass is 493 g/mol. The molecule has 1 heterocycles. The summed E-state index contributed by atoms with van der Waals surface area (Å²) in [6.07, 6.45) is -3.00. The number of halogens is 3. The lowest BCUT2D eigenvalue weighted by atomic mass is 10.0. The van der Waals surface area contributed by atoms with Gasteiger partial charge < -0.3 is 24.6 Å². The zero-order valence-corrected chi connectivity index (χ0v) is 19.3. The van der Waals surface area contributed by atoms with Crippen LogP contribution in [0.15, 0.2) is 40.9 Å². The number of aromatic carboxylic acids is 1. The van der Waals surface area contributed by atoms with Crippen LogP contribution < -0.4 is 10.1 Å². The lowest BCUT2D eigenvalue weighted by molar-refractivity contribution is -0.141. The standard InChI is InChI=1S/C24H26F3N3O5/c1-3-6-17-19(12-11-18-20(17)35-29-21(18)24(25,26)27)34-14-5-13-30(4-2)23(33)28-16-9-7-15(8-10-16)22(31)32/h7-12H,3-6,13-14H2,1-2H3,(H,28,33)(H,31,32). The molecule has 8 nitrogen and oxygen atoms in total. The highest BCUT2D eigenvalue weighted by Gasteiger charge is 2.37. The maximum atomic E-state index is 13.2. The van der Waals surface area contributed by atoms with Gasteiger partial charge in [0.25, 0.3) is 0 Å². The number of benzene rings is 2. The Balaban J connectivity index is 1.60. The van der Waals surface area contributed by atoms with Crippen molar-refractivity contribution in [1.82, 2.24) is 10.1 Å². The van der Waals surface area contributed by atoms with Crippen molar-refractivity contribution in [2.24, 2.45) is 0 Å². The minimum absolute atomic E-state index is 0.0696. The highest BCUT2D eigenvalue weighted by molar-refractivity contribution is 5.91. The van der Waals surface area contributed by atoms with Gasteiger partial charge in [-0.05, 0) is 56.2 Å². The summed E-state index contributed by atoms with van der Waals surface area (Å²) in [5.41, 5.74) is 0.132. The van der Waals surface area contributed by atoms with E-state index in [0.29, 0.717) is 49.4 Å². The molecule has 2 N–H and O–H groups in total. The second-order valence-corrected chi connectivity index (χ2v) is 7.79. The molecule has 0 aliphatic carbocycles. The minimum Gasteiger partial charge on any atom is -0.493 e. The van der Waals surface area contributed by atoms with Gasteiger partial charge in [0, 0.05) is 24.3 Å². The van der Waals surface area contributed by atoms with E-state index in [1.165, 1.54) is 36.4 Å². The van der Waals surface area contributed by atoms with Crippen LogP contribution in [0.5, 0.6) is 5.75 Å². The molecule has 2 amide bonds. The number of anilines is 1. The van der Waals surface area contributed by atoms with E-state index in [0.717, 1.165) is 0 Å². The quantitative estimate of drug-likeness (QED) is 0.345. The molecular weight excluding hydrogens is 467 g/mol. The van der Waals surface area contributed by atoms with Crippen LogP contribution in [-0.4, -0.2) is 46.9 Å². The van der Waals surface area contributed by atoms with E-state index in [-0.39, 0.29) is 29.2 Å². The average molecular weight is 493 g/mol. The van der Waals surface area contributed by atoms with Crippen LogP contribution in [0.3, 0.4) is 0 Å². The minimum atomic E-state index is -4.61. The van der Waals surface area contributed by atoms with Gasteiger partial charge in [0.05, 0.1) is 17.6 Å². The molecule has 0 saturated carbocycles. The van der Waals surface area contributed by atoms with Gasteiger partial charge >= 0.3 is 18.2 Å². The number of nitrogens with zero attached hydrogens (tertiary/aromatic N) is 2. The summed E-state index contributed by atoms with van der Waals surface area (Å²) in [7, 11) is 0. The van der Waals surface area contributed by atoms with Crippen molar-refractivity contribution in [3.8, 4) is 5.75 Å². The van der Waals surface area contributed by atoms with Gasteiger partial charge in [0.2, 0.25) is 0 Å². The number of aryl methyl sites for hydroxylation is 1. The van der Waals surface area contributed by atoms with E-state index in [1.54, 1.807) is 4.90 Å². The number of carbonyl (C=O) groups is 2. The summed E-state index contributed by atoms with van der Waals surface area (Å²) in [6.45, 7) is 4.77. The average Bonchev–Trinajstić information content (AvgIpc) is 3.25. The number of urea groups is 1. The predicted octanol–water partition coefficient (Wildman–Crippen LogP) is 5.82. The van der Waals surface area contributed by atoms with Gasteiger partial charge in [0.15, 0.2) is 11.3 Å². The summed E-state index contributed by atoms with van der Waals surface area (Å²) < 4.78 is 50.4. The molecule has 3 rings (SSSR count). The second kappa shape index (κ2) is 11.1. The number of hydrogen-bond acceptors (Lipinski definition) is 5. The zero-order chi connectivity index (χ0) is 25.6. The van der Waals surface area contributed by atoms with Crippen LogP contribution in [0.4, 0.5) is 23.7 Å². The maximum Gasteiger partial charge on any atom is 0.437 e. The molecule has 0 radical (unpaired) electrons. The topological polar surface area (TPSA) is 105 Å². The van der Waals surface area contributed by atoms with Crippen molar-refractivity contribution in [3.63, 3.8) is 0 Å². The van der Waals surface area contributed by atoms with Crippen LogP contribution in [-0.2, 0) is 12.6 Å². The number of hydrogen-bond donors (Lipinski definition) is 2. The molecule has 0 bridgehead atoms. The Bertz CT molecular complexity index is 1180. The molecule has 0 unspecified atom stereocenters. The molecule has 0 aliphatic heterocycles. The number of carboxylic acid groups (broad SMARTS) is 1. The van der Waals surface area contributed by atoms with Crippen molar-refractivity contribution in [3.05, 3.63) is 53.2 Å². The summed E-state index contributed by atoms with van der Waals surface area (Å²) in [6, 6.07) is 8.27. The fraction of sp³-hybridized carbons (Fsp3) is 0.375. The Morgan fingerprint density at radius 3 is 2.46 bits per heavy atom. The van der Waals surface area contributed by atoms with Gasteiger partial charge in [-0.25, -0.2) is 9.59 Å². The fourth-order valence-corrected chi connectivity index (χ4v) is 3.61. The van der Waals surface area contributed by atoms with Crippen molar-refractivity contribution < 1.29 is 37.1 Å². The first-order valence-electron chi connectivity index (χ1n) is 11.2. The molecule has 0 fully saturated rings. The lowest BCUT2D eigenvalue weighted by Crippen LogP contribution is -2.36. The van der Waals surface area contributed by atoms with Crippen molar-refractivity contribution in [2.45, 2.75) is 39.3 Å². The number of rotatable bonds is 10. The third kappa shape index (κ3) is 6.23. The van der Waals surface area contributed by atoms with Gasteiger partial charge in [-0.1, -0.05) is 18.5 Å². The number of carboxylic acids is 1. The highest BCUT2D eigenvalue weighted by atomic mass is 19.4. The molecular formula is C24H26F3N3O5. The molecule has 2 aromatic carbocycles. The Morgan fingerprint density at radius 2 is 1.86 bits per heavy atom. The van der Waals surface area contributed by atoms with Crippen LogP contribution in [0.2, 0.25) is 0 Å². The number of fused-ring (bicyclic) bond motifs is 1. The molecule has 11 heteroatoms. The Hall–Kier alpha value is -3.76. The largest absolute Gasteiger partial charge is 0.493 e. The van der Waals surface area contributed by atoms with E-state index in [9.17, 15) is 22.8 Å². The molecule has 1 aromatic heterocycles. The normalized spacial score (nSPS) is 11.5. The van der Waals surface area contributed by atoms with Gasteiger partial charge in [-0.15, -0.1) is 0 Å². The highest BCUT2D eigenvalue weighted by Crippen LogP contribution is 2.38. The van der Waals surface area contributed by atoms with Crippen molar-refractivity contribution >= 4 is 28.7 Å². The van der Waals surface area contributed by atoms with E-state index in [4.69, 9.17) is 14.4 Å². The second-order valence-electron chi connectivity index (χ2n) is 7.79. The Kier molecular flexibility index (Phi) is 8.21. The molecule has 188 valence electrons. The van der Waals surface area contributed by atoms with Crippen molar-refractivity contribution in [2.75, 3.05) is 25.0 Å². The summed E-state index contributed by atoms with van der Waals surface area (Å²) >= 11 is 0. The number of aromatic nitrogens is 1. The predicted molar refractivity (Wildman–Crippen MR) is 123 cm³/mol. The molecule has 0 spiro atoms. The Labute approximate surface area is 199 Å². The van der Waals surface area contributed by atoms with Crippen LogP contribution >= 0.6 is 0 Å². The summed E-state index contributed by atoms with van der Waals surface area (Å²) in [5.74, 6) is -0.626. The zero-order valence-electron chi connectivity index (χ0n) is 19.3. The number of amides is 2. The first-order chi connectivity index (χ1) is 16.7. The van der Waals surface area contributed by atoms with E-state index in [1.807, 2.05) is 13.8 Å². The van der Waals surface area contributed by atoms with Gasteiger partial charge in [-0.3, -0.25) is 0 Å². The smallest absolute Gasteiger partial charge is 0.437 e. The van der Waals surface area contributed by atoms with Crippen LogP contribution in [0, 0.1) is 0 Å². The third-order valence-corrected chi connectivity index (χ3v) is 5.35. The van der Waals surface area contributed by atoms with E-state index in [2.05, 4.69) is 10.5 Å². The molecule has 3 aromatic rings. The van der Waals surface area contributed by atoms with E-state index < -0.39 is 17.8 Å². The first kappa shape index (κ1) is 25.9. The van der Waals surface area contributed by atoms with E-state index >= 15 is 0 Å². The number of carbonyl (C=O) groups excluding carboxylic acids is 1. The number of ether oxygens (including phenoxy) is 1. The van der Waals surface area contributed by atoms with Crippen LogP contribution in [0.25, 0.3) is 11.0 Å². The van der Waals surface area contributed by atoms with Crippen molar-refractivity contribution in [1.29, 1.82) is 0 Å². The summed E-state index contributed by atoms with van der Waals surface area (Å²) in [4.78, 5) is 25.0. The fourth-order valence-electron chi connectivity index (χ4n) is 3.61. The molecule has 0 aliphatic rings. The maximum absolute atomic E-state index is 13.2. The van der Waals surface area contributed by atoms with Gasteiger partial charge in [-0.2, -0.15) is 13.2 Å². The molecule has 35 heavy (non-hydrogen) atoms. The SMILES string of the molecule is CCCc1c(OCCCN(CC)C(=O)Nc2ccc(C(=O)O)cc2)ccc2c(C(F)(F)F)noc12. The van der Waals surface area contributed by atoms with Gasteiger partial charge in [0.1, 0.15) is 5.75 Å². The number of alkyl halides is 3. The third-order valence-electron chi connectivity index (χ3n) is 5.35. The molecule has 0 atom stereocenters. The first-order valence-corrected chi connectivity index (χ1v) is 11.2. The lowest BCUT2D eigenvalue weighted by Gasteiger charge is -2.21. The summed E-state index contributed by atoms with van der Waals surface area (Å²) in [5, 5.41) is 14.8. The van der Waals surface area contributed by atoms with Crippen LogP contribution in [0.1, 0.15) is 48.3 Å².